The Morgan fingerprint density at radius 3 is 2.91 bits per heavy atom. The third-order valence-electron chi connectivity index (χ3n) is 3.32. The van der Waals surface area contributed by atoms with Crippen LogP contribution in [-0.4, -0.2) is 25.4 Å². The molecule has 0 bridgehead atoms. The molecule has 0 radical (unpaired) electrons. The van der Waals surface area contributed by atoms with Gasteiger partial charge < -0.3 is 9.47 Å². The molecule has 4 rings (SSSR count). The van der Waals surface area contributed by atoms with Crippen LogP contribution in [0.4, 0.5) is 5.82 Å². The van der Waals surface area contributed by atoms with Crippen molar-refractivity contribution in [3.63, 3.8) is 0 Å². The number of fused-ring (bicyclic) bond motifs is 1. The van der Waals surface area contributed by atoms with Crippen molar-refractivity contribution < 1.29 is 17.9 Å². The standard InChI is InChI=1S/C14H11N3O4S2/c18-23(19,13-2-1-5-22-13)17-14-10(7-15-16-14)9-3-4-11-12(6-9)21-8-20-11/h1-7H,8H2,(H2,15,16,17). The Hall–Kier alpha value is -2.52. The number of hydrogen-bond acceptors (Lipinski definition) is 6. The number of hydrogen-bond donors (Lipinski definition) is 2. The molecule has 0 spiro atoms. The number of aromatic nitrogens is 2. The fourth-order valence-corrected chi connectivity index (χ4v) is 4.28. The van der Waals surface area contributed by atoms with E-state index in [9.17, 15) is 8.42 Å². The van der Waals surface area contributed by atoms with Crippen LogP contribution < -0.4 is 14.2 Å². The van der Waals surface area contributed by atoms with E-state index in [1.54, 1.807) is 35.8 Å². The fourth-order valence-electron chi connectivity index (χ4n) is 2.25. The Bertz CT molecular complexity index is 948. The third-order valence-corrected chi connectivity index (χ3v) is 6.07. The van der Waals surface area contributed by atoms with E-state index < -0.39 is 10.0 Å². The first-order chi connectivity index (χ1) is 11.1. The molecule has 7 nitrogen and oxygen atoms in total. The van der Waals surface area contributed by atoms with Gasteiger partial charge in [0.05, 0.1) is 6.20 Å². The second kappa shape index (κ2) is 5.28. The molecule has 0 saturated heterocycles. The van der Waals surface area contributed by atoms with Gasteiger partial charge in [0.1, 0.15) is 10.0 Å². The lowest BCUT2D eigenvalue weighted by molar-refractivity contribution is 0.174. The van der Waals surface area contributed by atoms with Crippen LogP contribution in [0.3, 0.4) is 0 Å². The van der Waals surface area contributed by atoms with Crippen molar-refractivity contribution in [2.45, 2.75) is 4.21 Å². The molecule has 1 aliphatic rings. The van der Waals surface area contributed by atoms with E-state index in [0.29, 0.717) is 22.9 Å². The van der Waals surface area contributed by atoms with Gasteiger partial charge in [-0.1, -0.05) is 12.1 Å². The summed E-state index contributed by atoms with van der Waals surface area (Å²) in [6, 6.07) is 8.62. The van der Waals surface area contributed by atoms with Gasteiger partial charge in [0.15, 0.2) is 11.5 Å². The zero-order valence-electron chi connectivity index (χ0n) is 11.6. The maximum Gasteiger partial charge on any atom is 0.272 e. The number of sulfonamides is 1. The molecular weight excluding hydrogens is 338 g/mol. The molecule has 3 heterocycles. The summed E-state index contributed by atoms with van der Waals surface area (Å²) in [6.07, 6.45) is 1.56. The minimum absolute atomic E-state index is 0.183. The van der Waals surface area contributed by atoms with Crippen LogP contribution in [-0.2, 0) is 10.0 Å². The van der Waals surface area contributed by atoms with Crippen LogP contribution in [0.5, 0.6) is 11.5 Å². The van der Waals surface area contributed by atoms with Gasteiger partial charge in [0.2, 0.25) is 6.79 Å². The number of nitrogens with zero attached hydrogens (tertiary/aromatic N) is 1. The quantitative estimate of drug-likeness (QED) is 0.755. The summed E-state index contributed by atoms with van der Waals surface area (Å²) in [6.45, 7) is 0.183. The highest BCUT2D eigenvalue weighted by Crippen LogP contribution is 2.37. The first-order valence-electron chi connectivity index (χ1n) is 6.63. The minimum Gasteiger partial charge on any atom is -0.454 e. The Kier molecular flexibility index (Phi) is 3.24. The van der Waals surface area contributed by atoms with E-state index in [1.165, 1.54) is 0 Å². The number of ether oxygens (including phenoxy) is 2. The van der Waals surface area contributed by atoms with E-state index >= 15 is 0 Å². The predicted octanol–water partition coefficient (Wildman–Crippen LogP) is 2.67. The number of benzene rings is 1. The molecule has 3 aromatic rings. The highest BCUT2D eigenvalue weighted by atomic mass is 32.2. The van der Waals surface area contributed by atoms with E-state index in [0.717, 1.165) is 16.9 Å². The zero-order chi connectivity index (χ0) is 15.9. The SMILES string of the molecule is O=S(=O)(Nc1[nH]ncc1-c1ccc2c(c1)OCO2)c1cccs1. The Balaban J connectivity index is 1.69. The maximum absolute atomic E-state index is 12.3. The van der Waals surface area contributed by atoms with Gasteiger partial charge >= 0.3 is 0 Å². The summed E-state index contributed by atoms with van der Waals surface area (Å²) in [5.41, 5.74) is 1.40. The molecule has 0 amide bonds. The highest BCUT2D eigenvalue weighted by molar-refractivity contribution is 7.94. The van der Waals surface area contributed by atoms with Crippen LogP contribution in [0, 0.1) is 0 Å². The first kappa shape index (κ1) is 14.1. The van der Waals surface area contributed by atoms with E-state index in [1.807, 2.05) is 6.07 Å². The summed E-state index contributed by atoms with van der Waals surface area (Å²) >= 11 is 1.15. The van der Waals surface area contributed by atoms with Gasteiger partial charge in [-0.3, -0.25) is 9.82 Å². The minimum atomic E-state index is -3.64. The van der Waals surface area contributed by atoms with Gasteiger partial charge in [-0.05, 0) is 29.1 Å². The molecule has 0 fully saturated rings. The lowest BCUT2D eigenvalue weighted by Gasteiger charge is -2.07. The fraction of sp³-hybridized carbons (Fsp3) is 0.0714. The predicted molar refractivity (Wildman–Crippen MR) is 85.3 cm³/mol. The topological polar surface area (TPSA) is 93.3 Å². The van der Waals surface area contributed by atoms with Gasteiger partial charge in [0.25, 0.3) is 10.0 Å². The first-order valence-corrected chi connectivity index (χ1v) is 8.99. The van der Waals surface area contributed by atoms with Crippen molar-refractivity contribution in [1.82, 2.24) is 10.2 Å². The molecule has 23 heavy (non-hydrogen) atoms. The van der Waals surface area contributed by atoms with Gasteiger partial charge in [-0.25, -0.2) is 8.42 Å². The summed E-state index contributed by atoms with van der Waals surface area (Å²) < 4.78 is 38.1. The number of thiophene rings is 1. The number of H-pyrrole nitrogens is 1. The molecule has 1 aliphatic heterocycles. The lowest BCUT2D eigenvalue weighted by atomic mass is 10.1. The average molecular weight is 349 g/mol. The Morgan fingerprint density at radius 1 is 1.22 bits per heavy atom. The molecule has 118 valence electrons. The maximum atomic E-state index is 12.3. The van der Waals surface area contributed by atoms with Crippen LogP contribution in [0.15, 0.2) is 46.1 Å². The molecule has 0 saturated carbocycles. The van der Waals surface area contributed by atoms with E-state index in [2.05, 4.69) is 14.9 Å². The molecule has 2 aromatic heterocycles. The molecule has 2 N–H and O–H groups in total. The molecule has 9 heteroatoms. The number of aromatic amines is 1. The molecule has 0 aliphatic carbocycles. The third kappa shape index (κ3) is 2.53. The normalized spacial score (nSPS) is 13.2. The van der Waals surface area contributed by atoms with E-state index in [4.69, 9.17) is 9.47 Å². The van der Waals surface area contributed by atoms with Crippen LogP contribution in [0.25, 0.3) is 11.1 Å². The van der Waals surface area contributed by atoms with Crippen molar-refractivity contribution in [1.29, 1.82) is 0 Å². The van der Waals surface area contributed by atoms with Crippen molar-refractivity contribution in [2.75, 3.05) is 11.5 Å². The summed E-state index contributed by atoms with van der Waals surface area (Å²) in [7, 11) is -3.64. The van der Waals surface area contributed by atoms with Crippen molar-refractivity contribution in [3.8, 4) is 22.6 Å². The second-order valence-electron chi connectivity index (χ2n) is 4.76. The van der Waals surface area contributed by atoms with Crippen LogP contribution in [0.2, 0.25) is 0 Å². The summed E-state index contributed by atoms with van der Waals surface area (Å²) in [5, 5.41) is 8.33. The highest BCUT2D eigenvalue weighted by Gasteiger charge is 2.20. The van der Waals surface area contributed by atoms with Crippen LogP contribution in [0.1, 0.15) is 0 Å². The monoisotopic (exact) mass is 349 g/mol. The molecular formula is C14H11N3O4S2. The van der Waals surface area contributed by atoms with Gasteiger partial charge in [-0.2, -0.15) is 5.10 Å². The Morgan fingerprint density at radius 2 is 2.09 bits per heavy atom. The summed E-state index contributed by atoms with van der Waals surface area (Å²) in [4.78, 5) is 0. The summed E-state index contributed by atoms with van der Waals surface area (Å²) in [5.74, 6) is 1.59. The molecule has 0 atom stereocenters. The van der Waals surface area contributed by atoms with E-state index in [-0.39, 0.29) is 11.0 Å². The van der Waals surface area contributed by atoms with Crippen LogP contribution >= 0.6 is 11.3 Å². The van der Waals surface area contributed by atoms with Gasteiger partial charge in [-0.15, -0.1) is 11.3 Å². The molecule has 0 unspecified atom stereocenters. The van der Waals surface area contributed by atoms with Crippen molar-refractivity contribution >= 4 is 27.2 Å². The largest absolute Gasteiger partial charge is 0.454 e. The molecule has 1 aromatic carbocycles. The zero-order valence-corrected chi connectivity index (χ0v) is 13.3. The second-order valence-corrected chi connectivity index (χ2v) is 7.62. The number of nitrogens with one attached hydrogen (secondary N) is 2. The van der Waals surface area contributed by atoms with Gasteiger partial charge in [0, 0.05) is 5.56 Å². The number of anilines is 1. The van der Waals surface area contributed by atoms with Crippen molar-refractivity contribution in [3.05, 3.63) is 41.9 Å². The van der Waals surface area contributed by atoms with Crippen molar-refractivity contribution in [2.24, 2.45) is 0 Å². The lowest BCUT2D eigenvalue weighted by Crippen LogP contribution is -2.12. The number of rotatable bonds is 4. The average Bonchev–Trinajstić information content (AvgIpc) is 3.27. The smallest absolute Gasteiger partial charge is 0.272 e. The Labute approximate surface area is 135 Å².